The minimum Gasteiger partial charge on any atom is -0.486 e. The van der Waals surface area contributed by atoms with E-state index in [0.29, 0.717) is 34.8 Å². The van der Waals surface area contributed by atoms with Gasteiger partial charge in [-0.05, 0) is 29.8 Å². The monoisotopic (exact) mass is 387 g/mol. The van der Waals surface area contributed by atoms with Crippen LogP contribution in [-0.4, -0.2) is 33.0 Å². The molecule has 0 saturated heterocycles. The second-order valence-electron chi connectivity index (χ2n) is 5.32. The molecule has 5 nitrogen and oxygen atoms in total. The van der Waals surface area contributed by atoms with Crippen LogP contribution in [0.1, 0.15) is 5.56 Å². The van der Waals surface area contributed by atoms with Gasteiger partial charge in [0.1, 0.15) is 13.2 Å². The predicted octanol–water partition coefficient (Wildman–Crippen LogP) is 3.59. The van der Waals surface area contributed by atoms with Gasteiger partial charge in [-0.15, -0.1) is 0 Å². The first-order valence-electron chi connectivity index (χ1n) is 7.18. The zero-order chi connectivity index (χ0) is 17.3. The summed E-state index contributed by atoms with van der Waals surface area (Å²) in [6, 6.07) is 9.63. The summed E-state index contributed by atoms with van der Waals surface area (Å²) in [6.07, 6.45) is 0. The zero-order valence-electron chi connectivity index (χ0n) is 12.8. The average molecular weight is 388 g/mol. The Bertz CT molecular complexity index is 870. The number of benzene rings is 2. The quantitative estimate of drug-likeness (QED) is 0.804. The second kappa shape index (κ2) is 6.80. The Labute approximate surface area is 150 Å². The van der Waals surface area contributed by atoms with Gasteiger partial charge in [0.2, 0.25) is 10.0 Å². The summed E-state index contributed by atoms with van der Waals surface area (Å²) >= 11 is 11.9. The third kappa shape index (κ3) is 3.47. The molecule has 0 N–H and O–H groups in total. The summed E-state index contributed by atoms with van der Waals surface area (Å²) in [6.45, 7) is 1.03. The minimum absolute atomic E-state index is 0.148. The van der Waals surface area contributed by atoms with Crippen LogP contribution in [0.3, 0.4) is 0 Å². The largest absolute Gasteiger partial charge is 0.486 e. The van der Waals surface area contributed by atoms with Crippen LogP contribution in [0.25, 0.3) is 0 Å². The number of fused-ring (bicyclic) bond motifs is 1. The third-order valence-corrected chi connectivity index (χ3v) is 6.15. The first-order chi connectivity index (χ1) is 11.4. The molecule has 3 rings (SSSR count). The molecular weight excluding hydrogens is 373 g/mol. The van der Waals surface area contributed by atoms with Gasteiger partial charge in [0.25, 0.3) is 0 Å². The van der Waals surface area contributed by atoms with Crippen molar-refractivity contribution >= 4 is 33.2 Å². The minimum atomic E-state index is -3.67. The Kier molecular flexibility index (Phi) is 4.92. The molecule has 0 spiro atoms. The number of hydrogen-bond acceptors (Lipinski definition) is 4. The van der Waals surface area contributed by atoms with Crippen molar-refractivity contribution in [1.82, 2.24) is 4.31 Å². The number of halogens is 2. The van der Waals surface area contributed by atoms with Gasteiger partial charge in [-0.25, -0.2) is 8.42 Å². The van der Waals surface area contributed by atoms with Crippen LogP contribution in [0.15, 0.2) is 41.3 Å². The Morgan fingerprint density at radius 1 is 1.00 bits per heavy atom. The van der Waals surface area contributed by atoms with Crippen molar-refractivity contribution in [3.63, 3.8) is 0 Å². The molecule has 0 fully saturated rings. The molecule has 0 radical (unpaired) electrons. The van der Waals surface area contributed by atoms with Crippen LogP contribution >= 0.6 is 23.2 Å². The highest BCUT2D eigenvalue weighted by molar-refractivity contribution is 7.89. The van der Waals surface area contributed by atoms with Gasteiger partial charge in [-0.2, -0.15) is 4.31 Å². The summed E-state index contributed by atoms with van der Waals surface area (Å²) in [5, 5.41) is 0.817. The molecule has 1 aliphatic rings. The van der Waals surface area contributed by atoms with E-state index in [1.165, 1.54) is 23.5 Å². The summed E-state index contributed by atoms with van der Waals surface area (Å²) in [5.74, 6) is 0.984. The van der Waals surface area contributed by atoms with Gasteiger partial charge in [-0.3, -0.25) is 0 Å². The highest BCUT2D eigenvalue weighted by Crippen LogP contribution is 2.33. The maximum atomic E-state index is 12.7. The molecule has 0 unspecified atom stereocenters. The Morgan fingerprint density at radius 2 is 1.71 bits per heavy atom. The standard InChI is InChI=1S/C16H15Cl2NO4S/c1-19(10-11-2-4-13(17)14(18)8-11)24(20,21)12-3-5-15-16(9-12)23-7-6-22-15/h2-5,8-9H,6-7,10H2,1H3. The highest BCUT2D eigenvalue weighted by Gasteiger charge is 2.24. The van der Waals surface area contributed by atoms with Gasteiger partial charge < -0.3 is 9.47 Å². The van der Waals surface area contributed by atoms with Gasteiger partial charge >= 0.3 is 0 Å². The summed E-state index contributed by atoms with van der Waals surface area (Å²) in [4.78, 5) is 0.148. The van der Waals surface area contributed by atoms with Crippen LogP contribution in [0.4, 0.5) is 0 Å². The Morgan fingerprint density at radius 3 is 2.42 bits per heavy atom. The number of hydrogen-bond donors (Lipinski definition) is 0. The van der Waals surface area contributed by atoms with E-state index in [1.54, 1.807) is 24.3 Å². The molecule has 0 atom stereocenters. The molecule has 1 heterocycles. The maximum absolute atomic E-state index is 12.7. The molecule has 0 bridgehead atoms. The van der Waals surface area contributed by atoms with E-state index >= 15 is 0 Å². The maximum Gasteiger partial charge on any atom is 0.243 e. The van der Waals surface area contributed by atoms with Crippen LogP contribution < -0.4 is 9.47 Å². The number of ether oxygens (including phenoxy) is 2. The van der Waals surface area contributed by atoms with Crippen molar-refractivity contribution in [2.24, 2.45) is 0 Å². The molecule has 2 aromatic rings. The normalized spacial score (nSPS) is 14.0. The van der Waals surface area contributed by atoms with E-state index in [2.05, 4.69) is 0 Å². The average Bonchev–Trinajstić information content (AvgIpc) is 2.57. The fourth-order valence-electron chi connectivity index (χ4n) is 2.34. The van der Waals surface area contributed by atoms with E-state index in [0.717, 1.165) is 5.56 Å². The van der Waals surface area contributed by atoms with Crippen molar-refractivity contribution in [1.29, 1.82) is 0 Å². The lowest BCUT2D eigenvalue weighted by Crippen LogP contribution is -2.26. The van der Waals surface area contributed by atoms with E-state index < -0.39 is 10.0 Å². The van der Waals surface area contributed by atoms with E-state index in [-0.39, 0.29) is 11.4 Å². The van der Waals surface area contributed by atoms with E-state index in [4.69, 9.17) is 32.7 Å². The molecule has 0 amide bonds. The number of rotatable bonds is 4. The SMILES string of the molecule is CN(Cc1ccc(Cl)c(Cl)c1)S(=O)(=O)c1ccc2c(c1)OCCO2. The van der Waals surface area contributed by atoms with Crippen molar-refractivity contribution in [2.45, 2.75) is 11.4 Å². The molecule has 24 heavy (non-hydrogen) atoms. The Hall–Kier alpha value is -1.47. The van der Waals surface area contributed by atoms with E-state index in [9.17, 15) is 8.42 Å². The van der Waals surface area contributed by atoms with Crippen molar-refractivity contribution in [3.8, 4) is 11.5 Å². The molecule has 0 aromatic heterocycles. The van der Waals surface area contributed by atoms with E-state index in [1.807, 2.05) is 0 Å². The third-order valence-electron chi connectivity index (χ3n) is 3.61. The molecule has 0 saturated carbocycles. The first-order valence-corrected chi connectivity index (χ1v) is 9.37. The summed E-state index contributed by atoms with van der Waals surface area (Å²) in [5.41, 5.74) is 0.744. The second-order valence-corrected chi connectivity index (χ2v) is 8.17. The zero-order valence-corrected chi connectivity index (χ0v) is 15.2. The van der Waals surface area contributed by atoms with Gasteiger partial charge in [0, 0.05) is 19.7 Å². The highest BCUT2D eigenvalue weighted by atomic mass is 35.5. The van der Waals surface area contributed by atoms with Gasteiger partial charge in [-0.1, -0.05) is 29.3 Å². The number of nitrogens with zero attached hydrogens (tertiary/aromatic N) is 1. The van der Waals surface area contributed by atoms with Crippen LogP contribution in [0.5, 0.6) is 11.5 Å². The van der Waals surface area contributed by atoms with Gasteiger partial charge in [0.05, 0.1) is 14.9 Å². The molecule has 8 heteroatoms. The fourth-order valence-corrected chi connectivity index (χ4v) is 3.84. The van der Waals surface area contributed by atoms with Crippen molar-refractivity contribution < 1.29 is 17.9 Å². The van der Waals surface area contributed by atoms with Crippen LogP contribution in [-0.2, 0) is 16.6 Å². The fraction of sp³-hybridized carbons (Fsp3) is 0.250. The predicted molar refractivity (Wildman–Crippen MR) is 92.5 cm³/mol. The number of sulfonamides is 1. The Balaban J connectivity index is 1.85. The van der Waals surface area contributed by atoms with Crippen LogP contribution in [0, 0.1) is 0 Å². The summed E-state index contributed by atoms with van der Waals surface area (Å²) < 4.78 is 37.6. The van der Waals surface area contributed by atoms with Gasteiger partial charge in [0.15, 0.2) is 11.5 Å². The van der Waals surface area contributed by atoms with Crippen molar-refractivity contribution in [2.75, 3.05) is 20.3 Å². The lowest BCUT2D eigenvalue weighted by Gasteiger charge is -2.21. The molecule has 1 aliphatic heterocycles. The molecule has 0 aliphatic carbocycles. The first kappa shape index (κ1) is 17.4. The molecule has 128 valence electrons. The molecular formula is C16H15Cl2NO4S. The lowest BCUT2D eigenvalue weighted by atomic mass is 10.2. The smallest absolute Gasteiger partial charge is 0.243 e. The topological polar surface area (TPSA) is 55.8 Å². The lowest BCUT2D eigenvalue weighted by molar-refractivity contribution is 0.171. The molecule has 2 aromatic carbocycles. The summed E-state index contributed by atoms with van der Waals surface area (Å²) in [7, 11) is -2.16. The van der Waals surface area contributed by atoms with Crippen molar-refractivity contribution in [3.05, 3.63) is 52.0 Å². The van der Waals surface area contributed by atoms with Crippen LogP contribution in [0.2, 0.25) is 10.0 Å².